The van der Waals surface area contributed by atoms with Gasteiger partial charge in [-0.25, -0.2) is 0 Å². The van der Waals surface area contributed by atoms with Gasteiger partial charge in [-0.3, -0.25) is 0 Å². The molecule has 19 heavy (non-hydrogen) atoms. The van der Waals surface area contributed by atoms with E-state index in [9.17, 15) is 0 Å². The molecule has 1 aromatic rings. The minimum atomic E-state index is 0.0769. The maximum Gasteiger partial charge on any atom is 0.233 e. The monoisotopic (exact) mass is 267 g/mol. The van der Waals surface area contributed by atoms with Crippen LogP contribution >= 0.6 is 0 Å². The molecular weight excluding hydrogens is 242 g/mol. The lowest BCUT2D eigenvalue weighted by Gasteiger charge is -2.19. The molecule has 1 heterocycles. The first-order valence-corrected chi connectivity index (χ1v) is 6.79. The van der Waals surface area contributed by atoms with Crippen molar-refractivity contribution in [1.82, 2.24) is 15.5 Å². The van der Waals surface area contributed by atoms with Crippen LogP contribution in [0.2, 0.25) is 0 Å². The van der Waals surface area contributed by atoms with Gasteiger partial charge in [0, 0.05) is 24.8 Å². The predicted molar refractivity (Wildman–Crippen MR) is 75.2 cm³/mol. The zero-order valence-electron chi connectivity index (χ0n) is 12.4. The van der Waals surface area contributed by atoms with Crippen LogP contribution < -0.4 is 10.1 Å². The standard InChI is InChI=1S/C14H25N3O2/c1-5-8-18-9-10-19-13-7-6-12(16-17-13)11-15-14(2,3)4/h6-7,15H,5,8-11H2,1-4H3. The van der Waals surface area contributed by atoms with Crippen LogP contribution in [0, 0.1) is 0 Å². The SMILES string of the molecule is CCCOCCOc1ccc(CNC(C)(C)C)nn1. The second-order valence-corrected chi connectivity index (χ2v) is 5.43. The Bertz CT molecular complexity index is 347. The van der Waals surface area contributed by atoms with E-state index in [4.69, 9.17) is 9.47 Å². The molecule has 0 aliphatic rings. The summed E-state index contributed by atoms with van der Waals surface area (Å²) in [5.74, 6) is 0.541. The van der Waals surface area contributed by atoms with Crippen molar-refractivity contribution in [2.24, 2.45) is 0 Å². The van der Waals surface area contributed by atoms with Gasteiger partial charge in [-0.2, -0.15) is 5.10 Å². The van der Waals surface area contributed by atoms with Gasteiger partial charge >= 0.3 is 0 Å². The maximum atomic E-state index is 5.43. The van der Waals surface area contributed by atoms with Crippen LogP contribution in [0.3, 0.4) is 0 Å². The highest BCUT2D eigenvalue weighted by Crippen LogP contribution is 2.06. The van der Waals surface area contributed by atoms with Crippen molar-refractivity contribution in [3.8, 4) is 5.88 Å². The van der Waals surface area contributed by atoms with Crippen molar-refractivity contribution < 1.29 is 9.47 Å². The molecule has 1 rings (SSSR count). The molecule has 0 saturated heterocycles. The van der Waals surface area contributed by atoms with Crippen LogP contribution in [0.25, 0.3) is 0 Å². The van der Waals surface area contributed by atoms with E-state index in [1.807, 2.05) is 12.1 Å². The van der Waals surface area contributed by atoms with Gasteiger partial charge in [0.25, 0.3) is 0 Å². The summed E-state index contributed by atoms with van der Waals surface area (Å²) in [5, 5.41) is 11.5. The Kier molecular flexibility index (Phi) is 6.73. The molecule has 108 valence electrons. The Balaban J connectivity index is 2.27. The number of rotatable bonds is 8. The van der Waals surface area contributed by atoms with Gasteiger partial charge < -0.3 is 14.8 Å². The smallest absolute Gasteiger partial charge is 0.233 e. The summed E-state index contributed by atoms with van der Waals surface area (Å²) in [6.07, 6.45) is 1.02. The van der Waals surface area contributed by atoms with Gasteiger partial charge in [0.1, 0.15) is 6.61 Å². The highest BCUT2D eigenvalue weighted by atomic mass is 16.5. The van der Waals surface area contributed by atoms with Crippen molar-refractivity contribution in [1.29, 1.82) is 0 Å². The summed E-state index contributed by atoms with van der Waals surface area (Å²) in [6, 6.07) is 3.76. The highest BCUT2D eigenvalue weighted by molar-refractivity contribution is 5.11. The van der Waals surface area contributed by atoms with Gasteiger partial charge in [0.05, 0.1) is 12.3 Å². The van der Waals surface area contributed by atoms with Crippen LogP contribution in [-0.2, 0) is 11.3 Å². The molecule has 0 fully saturated rings. The Hall–Kier alpha value is -1.20. The quantitative estimate of drug-likeness (QED) is 0.732. The zero-order chi connectivity index (χ0) is 14.1. The zero-order valence-corrected chi connectivity index (χ0v) is 12.4. The lowest BCUT2D eigenvalue weighted by Crippen LogP contribution is -2.35. The summed E-state index contributed by atoms with van der Waals surface area (Å²) in [5.41, 5.74) is 0.984. The van der Waals surface area contributed by atoms with Gasteiger partial charge in [-0.1, -0.05) is 6.92 Å². The number of hydrogen-bond acceptors (Lipinski definition) is 5. The topological polar surface area (TPSA) is 56.3 Å². The highest BCUT2D eigenvalue weighted by Gasteiger charge is 2.09. The fraction of sp³-hybridized carbons (Fsp3) is 0.714. The largest absolute Gasteiger partial charge is 0.474 e. The average Bonchev–Trinajstić information content (AvgIpc) is 2.37. The third-order valence-electron chi connectivity index (χ3n) is 2.32. The Morgan fingerprint density at radius 2 is 1.89 bits per heavy atom. The van der Waals surface area contributed by atoms with Crippen molar-refractivity contribution in [2.75, 3.05) is 19.8 Å². The van der Waals surface area contributed by atoms with Crippen molar-refractivity contribution in [3.63, 3.8) is 0 Å². The second kappa shape index (κ2) is 8.07. The molecule has 0 bridgehead atoms. The molecule has 0 atom stereocenters. The van der Waals surface area contributed by atoms with E-state index in [1.165, 1.54) is 0 Å². The van der Waals surface area contributed by atoms with Gasteiger partial charge in [-0.15, -0.1) is 5.10 Å². The van der Waals surface area contributed by atoms with Crippen LogP contribution in [0.5, 0.6) is 5.88 Å². The first-order valence-electron chi connectivity index (χ1n) is 6.79. The first-order chi connectivity index (χ1) is 9.01. The number of ether oxygens (including phenoxy) is 2. The molecule has 5 nitrogen and oxygen atoms in total. The molecule has 1 aromatic heterocycles. The molecule has 0 aromatic carbocycles. The van der Waals surface area contributed by atoms with E-state index in [0.717, 1.165) is 18.7 Å². The Morgan fingerprint density at radius 1 is 1.11 bits per heavy atom. The van der Waals surface area contributed by atoms with Crippen molar-refractivity contribution in [3.05, 3.63) is 17.8 Å². The molecule has 0 spiro atoms. The third kappa shape index (κ3) is 7.74. The summed E-state index contributed by atoms with van der Waals surface area (Å²) < 4.78 is 10.8. The molecule has 1 N–H and O–H groups in total. The van der Waals surface area contributed by atoms with Crippen molar-refractivity contribution >= 4 is 0 Å². The summed E-state index contributed by atoms with van der Waals surface area (Å²) >= 11 is 0. The van der Waals surface area contributed by atoms with Crippen LogP contribution in [-0.4, -0.2) is 35.6 Å². The molecule has 0 radical (unpaired) electrons. The van der Waals surface area contributed by atoms with E-state index in [-0.39, 0.29) is 5.54 Å². The molecule has 0 amide bonds. The summed E-state index contributed by atoms with van der Waals surface area (Å²) in [6.45, 7) is 11.0. The van der Waals surface area contributed by atoms with Gasteiger partial charge in [-0.05, 0) is 33.3 Å². The normalized spacial score (nSPS) is 11.6. The molecule has 0 aliphatic carbocycles. The van der Waals surface area contributed by atoms with E-state index in [0.29, 0.717) is 25.6 Å². The van der Waals surface area contributed by atoms with Gasteiger partial charge in [0.15, 0.2) is 0 Å². The lowest BCUT2D eigenvalue weighted by molar-refractivity contribution is 0.0986. The fourth-order valence-electron chi connectivity index (χ4n) is 1.33. The van der Waals surface area contributed by atoms with E-state index >= 15 is 0 Å². The van der Waals surface area contributed by atoms with Crippen molar-refractivity contribution in [2.45, 2.75) is 46.2 Å². The van der Waals surface area contributed by atoms with E-state index < -0.39 is 0 Å². The van der Waals surface area contributed by atoms with E-state index in [1.54, 1.807) is 0 Å². The molecule has 0 unspecified atom stereocenters. The predicted octanol–water partition coefficient (Wildman–Crippen LogP) is 2.17. The number of nitrogens with one attached hydrogen (secondary N) is 1. The number of nitrogens with zero attached hydrogens (tertiary/aromatic N) is 2. The molecule has 0 aliphatic heterocycles. The Labute approximate surface area is 115 Å². The first kappa shape index (κ1) is 15.9. The number of aromatic nitrogens is 2. The lowest BCUT2D eigenvalue weighted by atomic mass is 10.1. The average molecular weight is 267 g/mol. The minimum Gasteiger partial charge on any atom is -0.474 e. The van der Waals surface area contributed by atoms with E-state index in [2.05, 4.69) is 43.2 Å². The summed E-state index contributed by atoms with van der Waals surface area (Å²) in [7, 11) is 0. The molecular formula is C14H25N3O2. The molecule has 0 saturated carbocycles. The maximum absolute atomic E-state index is 5.43. The van der Waals surface area contributed by atoms with Crippen LogP contribution in [0.1, 0.15) is 39.8 Å². The third-order valence-corrected chi connectivity index (χ3v) is 2.32. The number of hydrogen-bond donors (Lipinski definition) is 1. The molecule has 5 heteroatoms. The Morgan fingerprint density at radius 3 is 2.47 bits per heavy atom. The summed E-state index contributed by atoms with van der Waals surface area (Å²) in [4.78, 5) is 0. The minimum absolute atomic E-state index is 0.0769. The van der Waals surface area contributed by atoms with Crippen LogP contribution in [0.15, 0.2) is 12.1 Å². The van der Waals surface area contributed by atoms with Gasteiger partial charge in [0.2, 0.25) is 5.88 Å². The second-order valence-electron chi connectivity index (χ2n) is 5.43. The fourth-order valence-corrected chi connectivity index (χ4v) is 1.33. The van der Waals surface area contributed by atoms with Crippen LogP contribution in [0.4, 0.5) is 0 Å².